The first-order valence-corrected chi connectivity index (χ1v) is 6.65. The molecule has 0 aliphatic carbocycles. The number of aromatic amines is 1. The van der Waals surface area contributed by atoms with Crippen molar-refractivity contribution in [3.63, 3.8) is 0 Å². The molecule has 1 atom stereocenters. The first kappa shape index (κ1) is 12.9. The normalized spacial score (nSPS) is 18.8. The van der Waals surface area contributed by atoms with Crippen LogP contribution in [-0.4, -0.2) is 54.1 Å². The largest absolute Gasteiger partial charge is 0.349 e. The molecule has 0 unspecified atom stereocenters. The Labute approximate surface area is 116 Å². The molecule has 0 spiro atoms. The SMILES string of the molecule is CN(C)c1nc2ccc(C(=O)N3CC[C@@H](F)C3)cc2[nH]1. The molecule has 1 fully saturated rings. The van der Waals surface area contributed by atoms with Gasteiger partial charge in [0.05, 0.1) is 17.6 Å². The molecule has 1 N–H and O–H groups in total. The number of halogens is 1. The predicted molar refractivity (Wildman–Crippen MR) is 75.8 cm³/mol. The molecule has 106 valence electrons. The Kier molecular flexibility index (Phi) is 3.08. The van der Waals surface area contributed by atoms with Gasteiger partial charge in [0.1, 0.15) is 6.17 Å². The number of H-pyrrole nitrogens is 1. The van der Waals surface area contributed by atoms with Crippen LogP contribution in [0, 0.1) is 0 Å². The zero-order valence-electron chi connectivity index (χ0n) is 11.6. The highest BCUT2D eigenvalue weighted by atomic mass is 19.1. The van der Waals surface area contributed by atoms with Crippen molar-refractivity contribution in [2.75, 3.05) is 32.1 Å². The molecule has 1 amide bonds. The van der Waals surface area contributed by atoms with Crippen molar-refractivity contribution in [2.24, 2.45) is 0 Å². The molecular weight excluding hydrogens is 259 g/mol. The van der Waals surface area contributed by atoms with Crippen molar-refractivity contribution in [3.8, 4) is 0 Å². The minimum absolute atomic E-state index is 0.118. The third-order valence-electron chi connectivity index (χ3n) is 3.56. The van der Waals surface area contributed by atoms with Crippen LogP contribution in [-0.2, 0) is 0 Å². The molecule has 1 aliphatic heterocycles. The maximum absolute atomic E-state index is 13.2. The van der Waals surface area contributed by atoms with Crippen molar-refractivity contribution in [3.05, 3.63) is 23.8 Å². The van der Waals surface area contributed by atoms with E-state index in [2.05, 4.69) is 9.97 Å². The summed E-state index contributed by atoms with van der Waals surface area (Å²) in [5.41, 5.74) is 2.20. The standard InChI is InChI=1S/C14H17FN4O/c1-18(2)14-16-11-4-3-9(7-12(11)17-14)13(20)19-6-5-10(15)8-19/h3-4,7,10H,5-6,8H2,1-2H3,(H,16,17)/t10-/m1/s1. The quantitative estimate of drug-likeness (QED) is 0.910. The van der Waals surface area contributed by atoms with Crippen molar-refractivity contribution >= 4 is 22.9 Å². The highest BCUT2D eigenvalue weighted by Gasteiger charge is 2.26. The van der Waals surface area contributed by atoms with E-state index in [0.717, 1.165) is 17.0 Å². The minimum atomic E-state index is -0.893. The molecular formula is C14H17FN4O. The highest BCUT2D eigenvalue weighted by molar-refractivity contribution is 5.97. The molecule has 3 rings (SSSR count). The van der Waals surface area contributed by atoms with Gasteiger partial charge in [0.15, 0.2) is 0 Å². The smallest absolute Gasteiger partial charge is 0.254 e. The van der Waals surface area contributed by atoms with E-state index in [4.69, 9.17) is 0 Å². The second-order valence-electron chi connectivity index (χ2n) is 5.32. The van der Waals surface area contributed by atoms with E-state index in [1.807, 2.05) is 25.1 Å². The third kappa shape index (κ3) is 2.21. The lowest BCUT2D eigenvalue weighted by Crippen LogP contribution is -2.28. The van der Waals surface area contributed by atoms with Crippen LogP contribution in [0.2, 0.25) is 0 Å². The number of nitrogens with one attached hydrogen (secondary N) is 1. The fourth-order valence-electron chi connectivity index (χ4n) is 2.43. The first-order chi connectivity index (χ1) is 9.54. The van der Waals surface area contributed by atoms with Crippen LogP contribution in [0.15, 0.2) is 18.2 Å². The van der Waals surface area contributed by atoms with Crippen LogP contribution < -0.4 is 4.90 Å². The summed E-state index contributed by atoms with van der Waals surface area (Å²) in [6.45, 7) is 0.687. The first-order valence-electron chi connectivity index (χ1n) is 6.65. The number of aromatic nitrogens is 2. The van der Waals surface area contributed by atoms with Gasteiger partial charge < -0.3 is 14.8 Å². The van der Waals surface area contributed by atoms with E-state index in [0.29, 0.717) is 18.5 Å². The molecule has 1 aliphatic rings. The van der Waals surface area contributed by atoms with E-state index < -0.39 is 6.17 Å². The number of carbonyl (C=O) groups excluding carboxylic acids is 1. The topological polar surface area (TPSA) is 52.2 Å². The Morgan fingerprint density at radius 3 is 2.95 bits per heavy atom. The van der Waals surface area contributed by atoms with Crippen molar-refractivity contribution in [1.29, 1.82) is 0 Å². The summed E-state index contributed by atoms with van der Waals surface area (Å²) in [6.07, 6.45) is -0.460. The summed E-state index contributed by atoms with van der Waals surface area (Å²) < 4.78 is 13.2. The van der Waals surface area contributed by atoms with Gasteiger partial charge in [0.2, 0.25) is 5.95 Å². The van der Waals surface area contributed by atoms with Gasteiger partial charge in [-0.25, -0.2) is 9.37 Å². The molecule has 6 heteroatoms. The molecule has 0 saturated carbocycles. The zero-order chi connectivity index (χ0) is 14.3. The lowest BCUT2D eigenvalue weighted by atomic mass is 10.2. The lowest BCUT2D eigenvalue weighted by Gasteiger charge is -2.14. The van der Waals surface area contributed by atoms with Crippen molar-refractivity contribution in [1.82, 2.24) is 14.9 Å². The number of fused-ring (bicyclic) bond motifs is 1. The lowest BCUT2D eigenvalue weighted by molar-refractivity contribution is 0.0783. The maximum atomic E-state index is 13.2. The van der Waals surface area contributed by atoms with E-state index in [1.165, 1.54) is 0 Å². The molecule has 1 aromatic carbocycles. The molecule has 0 bridgehead atoms. The fraction of sp³-hybridized carbons (Fsp3) is 0.429. The number of amides is 1. The number of carbonyl (C=O) groups is 1. The van der Waals surface area contributed by atoms with Crippen LogP contribution in [0.5, 0.6) is 0 Å². The van der Waals surface area contributed by atoms with Crippen LogP contribution >= 0.6 is 0 Å². The minimum Gasteiger partial charge on any atom is -0.349 e. The van der Waals surface area contributed by atoms with E-state index in [-0.39, 0.29) is 12.5 Å². The van der Waals surface area contributed by atoms with Crippen LogP contribution in [0.4, 0.5) is 10.3 Å². The molecule has 20 heavy (non-hydrogen) atoms. The third-order valence-corrected chi connectivity index (χ3v) is 3.56. The summed E-state index contributed by atoms with van der Waals surface area (Å²) in [7, 11) is 3.80. The van der Waals surface area contributed by atoms with Gasteiger partial charge in [-0.2, -0.15) is 0 Å². The van der Waals surface area contributed by atoms with Gasteiger partial charge in [-0.15, -0.1) is 0 Å². The molecule has 2 aromatic rings. The predicted octanol–water partition coefficient (Wildman–Crippen LogP) is 1.81. The number of hydrogen-bond donors (Lipinski definition) is 1. The van der Waals surface area contributed by atoms with Gasteiger partial charge in [0.25, 0.3) is 5.91 Å². The number of nitrogens with zero attached hydrogens (tertiary/aromatic N) is 3. The molecule has 1 saturated heterocycles. The maximum Gasteiger partial charge on any atom is 0.254 e. The summed E-state index contributed by atoms with van der Waals surface area (Å²) in [4.78, 5) is 23.3. The average Bonchev–Trinajstić information content (AvgIpc) is 3.02. The van der Waals surface area contributed by atoms with Crippen molar-refractivity contribution < 1.29 is 9.18 Å². The number of imidazole rings is 1. The Bertz CT molecular complexity index is 652. The monoisotopic (exact) mass is 276 g/mol. The average molecular weight is 276 g/mol. The van der Waals surface area contributed by atoms with E-state index >= 15 is 0 Å². The zero-order valence-corrected chi connectivity index (χ0v) is 11.6. The van der Waals surface area contributed by atoms with Gasteiger partial charge in [-0.05, 0) is 24.6 Å². The highest BCUT2D eigenvalue weighted by Crippen LogP contribution is 2.20. The van der Waals surface area contributed by atoms with E-state index in [9.17, 15) is 9.18 Å². The summed E-state index contributed by atoms with van der Waals surface area (Å²) >= 11 is 0. The summed E-state index contributed by atoms with van der Waals surface area (Å²) in [5.74, 6) is 0.627. The molecule has 5 nitrogen and oxygen atoms in total. The summed E-state index contributed by atoms with van der Waals surface area (Å²) in [6, 6.07) is 5.34. The number of likely N-dealkylation sites (tertiary alicyclic amines) is 1. The van der Waals surface area contributed by atoms with Crippen LogP contribution in [0.3, 0.4) is 0 Å². The Balaban J connectivity index is 1.90. The van der Waals surface area contributed by atoms with E-state index in [1.54, 1.807) is 17.0 Å². The van der Waals surface area contributed by atoms with Gasteiger partial charge in [-0.1, -0.05) is 0 Å². The number of rotatable bonds is 2. The Morgan fingerprint density at radius 1 is 1.50 bits per heavy atom. The van der Waals surface area contributed by atoms with Gasteiger partial charge in [0, 0.05) is 26.2 Å². The second-order valence-corrected chi connectivity index (χ2v) is 5.32. The fourth-order valence-corrected chi connectivity index (χ4v) is 2.43. The second kappa shape index (κ2) is 4.77. The Morgan fingerprint density at radius 2 is 2.30 bits per heavy atom. The molecule has 0 radical (unpaired) electrons. The number of anilines is 1. The van der Waals surface area contributed by atoms with Gasteiger partial charge in [-0.3, -0.25) is 4.79 Å². The number of hydrogen-bond acceptors (Lipinski definition) is 3. The summed E-state index contributed by atoms with van der Waals surface area (Å²) in [5, 5.41) is 0. The van der Waals surface area contributed by atoms with Crippen molar-refractivity contribution in [2.45, 2.75) is 12.6 Å². The van der Waals surface area contributed by atoms with Crippen LogP contribution in [0.25, 0.3) is 11.0 Å². The molecule has 2 heterocycles. The molecule has 1 aromatic heterocycles. The van der Waals surface area contributed by atoms with Gasteiger partial charge >= 0.3 is 0 Å². The Hall–Kier alpha value is -2.11. The van der Waals surface area contributed by atoms with Crippen LogP contribution in [0.1, 0.15) is 16.8 Å². The number of benzene rings is 1. The number of alkyl halides is 1.